The van der Waals surface area contributed by atoms with E-state index in [4.69, 9.17) is 4.74 Å². The highest BCUT2D eigenvalue weighted by Gasteiger charge is 2.07. The number of aliphatic hydroxyl groups excluding tert-OH is 1. The number of halogens is 3. The van der Waals surface area contributed by atoms with Crippen LogP contribution in [0.1, 0.15) is 5.56 Å². The molecule has 2 nitrogen and oxygen atoms in total. The fraction of sp³-hybridized carbons (Fsp3) is 0.0769. The highest BCUT2D eigenvalue weighted by Crippen LogP contribution is 2.30. The van der Waals surface area contributed by atoms with E-state index < -0.39 is 5.82 Å². The second-order valence-electron chi connectivity index (χ2n) is 3.59. The van der Waals surface area contributed by atoms with E-state index in [1.165, 1.54) is 6.07 Å². The lowest BCUT2D eigenvalue weighted by molar-refractivity contribution is 0.276. The number of hydrogen-bond donors (Lipinski definition) is 1. The monoisotopic (exact) mass is 374 g/mol. The molecule has 2 rings (SSSR count). The standard InChI is InChI=1S/C13H9Br2FO2/c14-9-2-1-8(7-17)13(5-9)18-10-3-4-11(15)12(16)6-10/h1-6,17H,7H2. The minimum atomic E-state index is -0.395. The van der Waals surface area contributed by atoms with Crippen LogP contribution in [0.4, 0.5) is 4.39 Å². The molecule has 0 heterocycles. The molecule has 0 radical (unpaired) electrons. The summed E-state index contributed by atoms with van der Waals surface area (Å²) in [5.74, 6) is 0.477. The summed E-state index contributed by atoms with van der Waals surface area (Å²) in [5.41, 5.74) is 0.640. The molecule has 0 aliphatic carbocycles. The molecule has 2 aromatic rings. The second-order valence-corrected chi connectivity index (χ2v) is 5.36. The normalized spacial score (nSPS) is 10.4. The van der Waals surface area contributed by atoms with Crippen molar-refractivity contribution in [2.75, 3.05) is 0 Å². The van der Waals surface area contributed by atoms with Gasteiger partial charge in [-0.3, -0.25) is 0 Å². The van der Waals surface area contributed by atoms with Crippen molar-refractivity contribution in [1.82, 2.24) is 0 Å². The first-order valence-electron chi connectivity index (χ1n) is 5.12. The lowest BCUT2D eigenvalue weighted by atomic mass is 10.2. The first-order chi connectivity index (χ1) is 8.60. The lowest BCUT2D eigenvalue weighted by Gasteiger charge is -2.10. The van der Waals surface area contributed by atoms with Crippen molar-refractivity contribution in [3.63, 3.8) is 0 Å². The fourth-order valence-corrected chi connectivity index (χ4v) is 2.01. The quantitative estimate of drug-likeness (QED) is 0.847. The number of aliphatic hydroxyl groups is 1. The first-order valence-corrected chi connectivity index (χ1v) is 6.71. The Labute approximate surface area is 121 Å². The average molecular weight is 376 g/mol. The minimum absolute atomic E-state index is 0.137. The molecule has 94 valence electrons. The van der Waals surface area contributed by atoms with Gasteiger partial charge < -0.3 is 9.84 Å². The van der Waals surface area contributed by atoms with Gasteiger partial charge in [-0.05, 0) is 40.2 Å². The molecule has 0 aliphatic rings. The van der Waals surface area contributed by atoms with Gasteiger partial charge in [0.15, 0.2) is 0 Å². The van der Waals surface area contributed by atoms with Gasteiger partial charge in [-0.2, -0.15) is 0 Å². The molecule has 0 fully saturated rings. The molecule has 5 heteroatoms. The predicted molar refractivity (Wildman–Crippen MR) is 74.2 cm³/mol. The zero-order valence-electron chi connectivity index (χ0n) is 9.16. The van der Waals surface area contributed by atoms with Gasteiger partial charge in [0.05, 0.1) is 11.1 Å². The van der Waals surface area contributed by atoms with Crippen molar-refractivity contribution in [1.29, 1.82) is 0 Å². The van der Waals surface area contributed by atoms with Gasteiger partial charge in [0, 0.05) is 16.1 Å². The Morgan fingerprint density at radius 3 is 2.56 bits per heavy atom. The van der Waals surface area contributed by atoms with Gasteiger partial charge in [0.25, 0.3) is 0 Å². The van der Waals surface area contributed by atoms with E-state index in [1.807, 2.05) is 0 Å². The topological polar surface area (TPSA) is 29.5 Å². The van der Waals surface area contributed by atoms with E-state index in [1.54, 1.807) is 30.3 Å². The van der Waals surface area contributed by atoms with Crippen molar-refractivity contribution < 1.29 is 14.2 Å². The maximum Gasteiger partial charge on any atom is 0.141 e. The smallest absolute Gasteiger partial charge is 0.141 e. The van der Waals surface area contributed by atoms with Crippen LogP contribution >= 0.6 is 31.9 Å². The zero-order valence-corrected chi connectivity index (χ0v) is 12.3. The molecular formula is C13H9Br2FO2. The van der Waals surface area contributed by atoms with E-state index >= 15 is 0 Å². The number of rotatable bonds is 3. The van der Waals surface area contributed by atoms with Gasteiger partial charge in [0.1, 0.15) is 17.3 Å². The zero-order chi connectivity index (χ0) is 13.1. The summed E-state index contributed by atoms with van der Waals surface area (Å²) in [6, 6.07) is 9.78. The maximum absolute atomic E-state index is 13.4. The Morgan fingerprint density at radius 2 is 1.89 bits per heavy atom. The van der Waals surface area contributed by atoms with Gasteiger partial charge >= 0.3 is 0 Å². The van der Waals surface area contributed by atoms with Crippen LogP contribution in [0.5, 0.6) is 11.5 Å². The lowest BCUT2D eigenvalue weighted by Crippen LogP contribution is -1.92. The van der Waals surface area contributed by atoms with Crippen molar-refractivity contribution in [2.45, 2.75) is 6.61 Å². The van der Waals surface area contributed by atoms with E-state index in [0.29, 0.717) is 21.5 Å². The summed E-state index contributed by atoms with van der Waals surface area (Å²) in [6.45, 7) is -0.137. The van der Waals surface area contributed by atoms with Crippen molar-refractivity contribution in [3.05, 3.63) is 56.7 Å². The molecule has 0 spiro atoms. The third-order valence-electron chi connectivity index (χ3n) is 2.32. The van der Waals surface area contributed by atoms with Crippen molar-refractivity contribution >= 4 is 31.9 Å². The maximum atomic E-state index is 13.4. The Bertz CT molecular complexity index is 573. The average Bonchev–Trinajstić information content (AvgIpc) is 2.34. The van der Waals surface area contributed by atoms with Crippen LogP contribution in [0.2, 0.25) is 0 Å². The van der Waals surface area contributed by atoms with Crippen molar-refractivity contribution in [2.24, 2.45) is 0 Å². The van der Waals surface area contributed by atoms with Crippen LogP contribution in [0.25, 0.3) is 0 Å². The van der Waals surface area contributed by atoms with Gasteiger partial charge in [-0.1, -0.05) is 22.0 Å². The Balaban J connectivity index is 2.33. The molecule has 0 saturated heterocycles. The molecule has 0 atom stereocenters. The highest BCUT2D eigenvalue weighted by atomic mass is 79.9. The van der Waals surface area contributed by atoms with Crippen LogP contribution in [-0.2, 0) is 6.61 Å². The van der Waals surface area contributed by atoms with E-state index in [0.717, 1.165) is 4.47 Å². The third-order valence-corrected chi connectivity index (χ3v) is 3.45. The molecule has 0 aliphatic heterocycles. The largest absolute Gasteiger partial charge is 0.457 e. The predicted octanol–water partition coefficient (Wildman–Crippen LogP) is 4.64. The molecule has 0 bridgehead atoms. The van der Waals surface area contributed by atoms with E-state index in [9.17, 15) is 9.50 Å². The molecule has 0 saturated carbocycles. The Morgan fingerprint density at radius 1 is 1.11 bits per heavy atom. The summed E-state index contributed by atoms with van der Waals surface area (Å²) >= 11 is 6.40. The summed E-state index contributed by atoms with van der Waals surface area (Å²) in [4.78, 5) is 0. The minimum Gasteiger partial charge on any atom is -0.457 e. The van der Waals surface area contributed by atoms with Crippen LogP contribution in [0.15, 0.2) is 45.3 Å². The summed E-state index contributed by atoms with van der Waals surface area (Å²) < 4.78 is 20.1. The number of hydrogen-bond acceptors (Lipinski definition) is 2. The second kappa shape index (κ2) is 5.82. The molecule has 0 aromatic heterocycles. The molecule has 1 N–H and O–H groups in total. The molecule has 2 aromatic carbocycles. The first kappa shape index (κ1) is 13.5. The number of ether oxygens (including phenoxy) is 1. The molecule has 0 unspecified atom stereocenters. The Hall–Kier alpha value is -0.910. The van der Waals surface area contributed by atoms with Crippen molar-refractivity contribution in [3.8, 4) is 11.5 Å². The Kier molecular flexibility index (Phi) is 4.37. The van der Waals surface area contributed by atoms with Crippen LogP contribution < -0.4 is 4.74 Å². The number of benzene rings is 2. The fourth-order valence-electron chi connectivity index (χ4n) is 1.42. The van der Waals surface area contributed by atoms with Gasteiger partial charge in [-0.25, -0.2) is 4.39 Å². The van der Waals surface area contributed by atoms with Crippen LogP contribution in [-0.4, -0.2) is 5.11 Å². The highest BCUT2D eigenvalue weighted by molar-refractivity contribution is 9.10. The van der Waals surface area contributed by atoms with Gasteiger partial charge in [-0.15, -0.1) is 0 Å². The SMILES string of the molecule is OCc1ccc(Br)cc1Oc1ccc(Br)c(F)c1. The summed E-state index contributed by atoms with van der Waals surface area (Å²) in [5, 5.41) is 9.21. The van der Waals surface area contributed by atoms with E-state index in [-0.39, 0.29) is 6.61 Å². The molecule has 18 heavy (non-hydrogen) atoms. The van der Waals surface area contributed by atoms with E-state index in [2.05, 4.69) is 31.9 Å². The summed E-state index contributed by atoms with van der Waals surface area (Å²) in [6.07, 6.45) is 0. The van der Waals surface area contributed by atoms with Gasteiger partial charge in [0.2, 0.25) is 0 Å². The molecular weight excluding hydrogens is 367 g/mol. The third kappa shape index (κ3) is 3.10. The molecule has 0 amide bonds. The summed E-state index contributed by atoms with van der Waals surface area (Å²) in [7, 11) is 0. The van der Waals surface area contributed by atoms with Crippen LogP contribution in [0.3, 0.4) is 0 Å². The van der Waals surface area contributed by atoms with Crippen LogP contribution in [0, 0.1) is 5.82 Å².